The lowest BCUT2D eigenvalue weighted by atomic mass is 10.1. The SMILES string of the molecule is O=C([O-])/C=C\C(=O)O.OC(C[NH2+]c1ccc(-c2ccccc2)cc1)CON=C(C1CC1)C1CC1. The summed E-state index contributed by atoms with van der Waals surface area (Å²) in [7, 11) is 0. The number of oxime groups is 1. The van der Waals surface area contributed by atoms with Gasteiger partial charge >= 0.3 is 5.97 Å². The first kappa shape index (κ1) is 25.1. The number of rotatable bonds is 11. The number of hydrogen-bond donors (Lipinski definition) is 3. The average Bonchev–Trinajstić information content (AvgIpc) is 3.75. The molecule has 2 saturated carbocycles. The maximum atomic E-state index is 10.1. The predicted molar refractivity (Wildman–Crippen MR) is 125 cm³/mol. The highest BCUT2D eigenvalue weighted by Gasteiger charge is 2.38. The van der Waals surface area contributed by atoms with Crippen LogP contribution in [0.15, 0.2) is 71.9 Å². The first-order valence-corrected chi connectivity index (χ1v) is 11.4. The quantitative estimate of drug-likeness (QED) is 0.199. The molecule has 0 heterocycles. The van der Waals surface area contributed by atoms with Gasteiger partial charge in [0.1, 0.15) is 24.9 Å². The molecule has 180 valence electrons. The van der Waals surface area contributed by atoms with Crippen molar-refractivity contribution in [3.8, 4) is 11.1 Å². The van der Waals surface area contributed by atoms with Gasteiger partial charge in [-0.25, -0.2) is 4.79 Å². The summed E-state index contributed by atoms with van der Waals surface area (Å²) in [6.07, 6.45) is 5.45. The molecule has 1 atom stereocenters. The number of aliphatic hydroxyl groups is 1. The number of nitrogens with two attached hydrogens (primary N) is 1. The Labute approximate surface area is 198 Å². The van der Waals surface area contributed by atoms with Crippen molar-refractivity contribution in [2.24, 2.45) is 17.0 Å². The number of quaternary nitrogens is 1. The van der Waals surface area contributed by atoms with Crippen LogP contribution in [0.3, 0.4) is 0 Å². The fraction of sp³-hybridized carbons (Fsp3) is 0.346. The van der Waals surface area contributed by atoms with Gasteiger partial charge in [-0.2, -0.15) is 0 Å². The van der Waals surface area contributed by atoms with Crippen LogP contribution in [-0.2, 0) is 14.4 Å². The highest BCUT2D eigenvalue weighted by Crippen LogP contribution is 2.42. The van der Waals surface area contributed by atoms with Crippen molar-refractivity contribution >= 4 is 23.3 Å². The van der Waals surface area contributed by atoms with E-state index >= 15 is 0 Å². The fourth-order valence-electron chi connectivity index (χ4n) is 3.36. The molecule has 34 heavy (non-hydrogen) atoms. The Morgan fingerprint density at radius 1 is 1.00 bits per heavy atom. The molecule has 0 aromatic heterocycles. The van der Waals surface area contributed by atoms with Gasteiger partial charge in [0, 0.05) is 17.9 Å². The summed E-state index contributed by atoms with van der Waals surface area (Å²) < 4.78 is 0. The van der Waals surface area contributed by atoms with E-state index in [-0.39, 0.29) is 6.61 Å². The van der Waals surface area contributed by atoms with E-state index in [0.29, 0.717) is 30.5 Å². The van der Waals surface area contributed by atoms with Crippen molar-refractivity contribution in [1.82, 2.24) is 0 Å². The van der Waals surface area contributed by atoms with Gasteiger partial charge in [0.2, 0.25) is 0 Å². The van der Waals surface area contributed by atoms with Gasteiger partial charge < -0.3 is 30.3 Å². The van der Waals surface area contributed by atoms with Crippen molar-refractivity contribution in [3.05, 3.63) is 66.7 Å². The Balaban J connectivity index is 0.000000350. The number of hydrogen-bond acceptors (Lipinski definition) is 6. The van der Waals surface area contributed by atoms with Gasteiger partial charge in [0.15, 0.2) is 0 Å². The van der Waals surface area contributed by atoms with E-state index in [1.165, 1.54) is 42.5 Å². The molecule has 0 saturated heterocycles. The van der Waals surface area contributed by atoms with Gasteiger partial charge in [-0.3, -0.25) is 0 Å². The number of aliphatic carboxylic acids is 2. The minimum absolute atomic E-state index is 0.265. The molecule has 4 rings (SSSR count). The van der Waals surface area contributed by atoms with Gasteiger partial charge in [-0.15, -0.1) is 0 Å². The van der Waals surface area contributed by atoms with E-state index in [0.717, 1.165) is 5.69 Å². The van der Waals surface area contributed by atoms with Crippen LogP contribution in [0.1, 0.15) is 25.7 Å². The van der Waals surface area contributed by atoms with Gasteiger partial charge in [-0.1, -0.05) is 35.5 Å². The van der Waals surface area contributed by atoms with Crippen molar-refractivity contribution in [2.45, 2.75) is 31.8 Å². The van der Waals surface area contributed by atoms with E-state index < -0.39 is 18.0 Å². The van der Waals surface area contributed by atoms with Crippen molar-refractivity contribution in [1.29, 1.82) is 0 Å². The molecule has 2 aliphatic carbocycles. The summed E-state index contributed by atoms with van der Waals surface area (Å²) in [6.45, 7) is 0.837. The largest absolute Gasteiger partial charge is 0.545 e. The Hall–Kier alpha value is -3.49. The number of nitrogens with zero attached hydrogens (tertiary/aromatic N) is 1. The van der Waals surface area contributed by atoms with Gasteiger partial charge in [0.05, 0.1) is 11.7 Å². The Bertz CT molecular complexity index is 966. The van der Waals surface area contributed by atoms with E-state index in [4.69, 9.17) is 9.94 Å². The molecule has 2 fully saturated rings. The summed E-state index contributed by atoms with van der Waals surface area (Å²) >= 11 is 0. The molecule has 2 aliphatic rings. The Morgan fingerprint density at radius 2 is 1.59 bits per heavy atom. The van der Waals surface area contributed by atoms with Crippen LogP contribution >= 0.6 is 0 Å². The minimum atomic E-state index is -1.51. The monoisotopic (exact) mass is 466 g/mol. The predicted octanol–water partition coefficient (Wildman–Crippen LogP) is 1.48. The summed E-state index contributed by atoms with van der Waals surface area (Å²) in [6, 6.07) is 18.8. The molecule has 0 amide bonds. The highest BCUT2D eigenvalue weighted by molar-refractivity contribution is 5.92. The average molecular weight is 467 g/mol. The number of carbonyl (C=O) groups is 2. The molecule has 0 aliphatic heterocycles. The Morgan fingerprint density at radius 3 is 2.09 bits per heavy atom. The molecule has 8 heteroatoms. The molecule has 8 nitrogen and oxygen atoms in total. The lowest BCUT2D eigenvalue weighted by Gasteiger charge is -2.10. The molecule has 0 spiro atoms. The van der Waals surface area contributed by atoms with Crippen LogP contribution < -0.4 is 10.4 Å². The number of carboxylic acid groups (broad SMARTS) is 2. The van der Waals surface area contributed by atoms with E-state index in [1.807, 2.05) is 18.2 Å². The van der Waals surface area contributed by atoms with Crippen LogP contribution in [0.25, 0.3) is 11.1 Å². The molecule has 0 bridgehead atoms. The number of carboxylic acids is 2. The van der Waals surface area contributed by atoms with Crippen molar-refractivity contribution in [2.75, 3.05) is 13.2 Å². The fourth-order valence-corrected chi connectivity index (χ4v) is 3.36. The van der Waals surface area contributed by atoms with E-state index in [9.17, 15) is 19.8 Å². The number of carbonyl (C=O) groups excluding carboxylic acids is 1. The van der Waals surface area contributed by atoms with E-state index in [2.05, 4.69) is 46.9 Å². The van der Waals surface area contributed by atoms with Crippen LogP contribution in [0.4, 0.5) is 5.69 Å². The standard InChI is InChI=1S/C22H26N2O2.C4H4O4/c25-21(15-26-24-22(18-6-7-18)19-8-9-19)14-23-20-12-10-17(11-13-20)16-4-2-1-3-5-16;5-3(6)1-2-4(7)8/h1-5,10-13,18-19,21,23,25H,6-9,14-15H2;1-2H,(H,5,6)(H,7,8)/b;2-1-. The smallest absolute Gasteiger partial charge is 0.328 e. The molecular formula is C26H30N2O6. The molecular weight excluding hydrogens is 436 g/mol. The molecule has 2 aromatic carbocycles. The third kappa shape index (κ3) is 9.17. The van der Waals surface area contributed by atoms with Gasteiger partial charge in [0.25, 0.3) is 0 Å². The second kappa shape index (κ2) is 12.7. The topological polar surface area (TPSA) is 136 Å². The molecule has 4 N–H and O–H groups in total. The number of aliphatic hydroxyl groups excluding tert-OH is 1. The normalized spacial score (nSPS) is 15.7. The lowest BCUT2D eigenvalue weighted by molar-refractivity contribution is -0.580. The maximum absolute atomic E-state index is 10.1. The summed E-state index contributed by atoms with van der Waals surface area (Å²) in [5.41, 5.74) is 4.78. The minimum Gasteiger partial charge on any atom is -0.545 e. The third-order valence-corrected chi connectivity index (χ3v) is 5.43. The van der Waals surface area contributed by atoms with Crippen LogP contribution in [-0.4, -0.2) is 47.1 Å². The molecule has 0 radical (unpaired) electrons. The first-order chi connectivity index (χ1) is 16.4. The number of benzene rings is 2. The van der Waals surface area contributed by atoms with E-state index in [1.54, 1.807) is 0 Å². The van der Waals surface area contributed by atoms with Crippen molar-refractivity contribution in [3.63, 3.8) is 0 Å². The van der Waals surface area contributed by atoms with Crippen LogP contribution in [0.2, 0.25) is 0 Å². The Kier molecular flexibility index (Phi) is 9.37. The third-order valence-electron chi connectivity index (χ3n) is 5.43. The van der Waals surface area contributed by atoms with Crippen LogP contribution in [0.5, 0.6) is 0 Å². The zero-order valence-electron chi connectivity index (χ0n) is 18.9. The lowest BCUT2D eigenvalue weighted by Crippen LogP contribution is -2.80. The van der Waals surface area contributed by atoms with Gasteiger partial charge in [-0.05, 0) is 67.2 Å². The summed E-state index contributed by atoms with van der Waals surface area (Å²) in [5.74, 6) is -1.48. The zero-order chi connectivity index (χ0) is 24.3. The summed E-state index contributed by atoms with van der Waals surface area (Å²) in [5, 5.41) is 33.7. The zero-order valence-corrected chi connectivity index (χ0v) is 18.9. The second-order valence-electron chi connectivity index (χ2n) is 8.43. The second-order valence-corrected chi connectivity index (χ2v) is 8.43. The summed E-state index contributed by atoms with van der Waals surface area (Å²) in [4.78, 5) is 24.4. The van der Waals surface area contributed by atoms with Crippen molar-refractivity contribution < 1.29 is 35.1 Å². The molecule has 2 aromatic rings. The maximum Gasteiger partial charge on any atom is 0.328 e. The molecule has 1 unspecified atom stereocenters. The highest BCUT2D eigenvalue weighted by atomic mass is 16.6. The first-order valence-electron chi connectivity index (χ1n) is 11.4. The van der Waals surface area contributed by atoms with Crippen LogP contribution in [0, 0.1) is 11.8 Å².